The highest BCUT2D eigenvalue weighted by Crippen LogP contribution is 2.32. The Hall–Kier alpha value is -3.26. The molecular weight excluding hydrogens is 414 g/mol. The van der Waals surface area contributed by atoms with Crippen molar-refractivity contribution in [2.75, 3.05) is 6.61 Å². The number of esters is 1. The van der Waals surface area contributed by atoms with Gasteiger partial charge in [-0.25, -0.2) is 9.59 Å². The molecule has 0 aliphatic heterocycles. The van der Waals surface area contributed by atoms with E-state index in [9.17, 15) is 14.4 Å². The van der Waals surface area contributed by atoms with Gasteiger partial charge in [0.1, 0.15) is 4.83 Å². The Balaban J connectivity index is 2.02. The number of hydrogen-bond donors (Lipinski definition) is 0. The predicted octanol–water partition coefficient (Wildman–Crippen LogP) is 3.49. The highest BCUT2D eigenvalue weighted by atomic mass is 32.1. The number of nitrogens with zero attached hydrogens (tertiary/aromatic N) is 3. The van der Waals surface area contributed by atoms with Crippen LogP contribution in [0.5, 0.6) is 0 Å². The van der Waals surface area contributed by atoms with Crippen molar-refractivity contribution in [3.8, 4) is 0 Å². The largest absolute Gasteiger partial charge is 0.462 e. The highest BCUT2D eigenvalue weighted by molar-refractivity contribution is 7.19. The third-order valence-electron chi connectivity index (χ3n) is 5.26. The van der Waals surface area contributed by atoms with Crippen LogP contribution in [0.2, 0.25) is 0 Å². The van der Waals surface area contributed by atoms with Crippen LogP contribution in [-0.4, -0.2) is 26.7 Å². The number of carbonyl (C=O) groups is 1. The molecule has 7 nitrogen and oxygen atoms in total. The molecular formula is C23H23N3O4S. The van der Waals surface area contributed by atoms with Crippen LogP contribution in [0.1, 0.15) is 41.1 Å². The molecule has 31 heavy (non-hydrogen) atoms. The molecule has 1 aromatic carbocycles. The molecule has 0 aliphatic rings. The van der Waals surface area contributed by atoms with Crippen LogP contribution in [0.25, 0.3) is 21.1 Å². The fourth-order valence-corrected chi connectivity index (χ4v) is 5.14. The summed E-state index contributed by atoms with van der Waals surface area (Å²) in [6.07, 6.45) is 2.89. The number of hydrogen-bond acceptors (Lipinski definition) is 6. The number of pyridine rings is 1. The van der Waals surface area contributed by atoms with Gasteiger partial charge in [0.2, 0.25) is 0 Å². The lowest BCUT2D eigenvalue weighted by atomic mass is 10.0. The first-order chi connectivity index (χ1) is 15.0. The molecule has 3 heterocycles. The maximum absolute atomic E-state index is 13.1. The molecule has 0 N–H and O–H groups in total. The van der Waals surface area contributed by atoms with E-state index < -0.39 is 11.5 Å². The van der Waals surface area contributed by atoms with E-state index in [2.05, 4.69) is 4.98 Å². The molecule has 0 bridgehead atoms. The third kappa shape index (κ3) is 3.57. The van der Waals surface area contributed by atoms with Crippen molar-refractivity contribution in [2.24, 2.45) is 7.05 Å². The maximum Gasteiger partial charge on any atom is 0.340 e. The van der Waals surface area contributed by atoms with Crippen LogP contribution in [0, 0.1) is 0 Å². The van der Waals surface area contributed by atoms with Gasteiger partial charge in [-0.1, -0.05) is 25.1 Å². The number of fused-ring (bicyclic) bond motifs is 2. The van der Waals surface area contributed by atoms with Crippen molar-refractivity contribution in [1.82, 2.24) is 14.1 Å². The third-order valence-corrected chi connectivity index (χ3v) is 6.47. The lowest BCUT2D eigenvalue weighted by Crippen LogP contribution is -2.38. The lowest BCUT2D eigenvalue weighted by molar-refractivity contribution is 0.0528. The van der Waals surface area contributed by atoms with Crippen LogP contribution in [0.4, 0.5) is 0 Å². The van der Waals surface area contributed by atoms with Gasteiger partial charge in [-0.15, -0.1) is 11.3 Å². The molecule has 0 saturated carbocycles. The van der Waals surface area contributed by atoms with Gasteiger partial charge in [0.05, 0.1) is 23.1 Å². The second-order valence-corrected chi connectivity index (χ2v) is 8.35. The number of aryl methyl sites for hydroxylation is 1. The average Bonchev–Trinajstić information content (AvgIpc) is 3.15. The van der Waals surface area contributed by atoms with Crippen LogP contribution in [0.15, 0.2) is 46.1 Å². The van der Waals surface area contributed by atoms with Crippen molar-refractivity contribution in [3.05, 3.63) is 73.4 Å². The van der Waals surface area contributed by atoms with E-state index in [4.69, 9.17) is 4.74 Å². The summed E-state index contributed by atoms with van der Waals surface area (Å²) in [6.45, 7) is 4.35. The summed E-state index contributed by atoms with van der Waals surface area (Å²) in [6, 6.07) is 9.71. The number of aromatic nitrogens is 3. The van der Waals surface area contributed by atoms with Crippen LogP contribution >= 0.6 is 11.3 Å². The molecule has 0 spiro atoms. The number of rotatable bonds is 6. The van der Waals surface area contributed by atoms with Crippen LogP contribution in [-0.2, 0) is 24.8 Å². The summed E-state index contributed by atoms with van der Waals surface area (Å²) >= 11 is 1.31. The fourth-order valence-electron chi connectivity index (χ4n) is 3.82. The quantitative estimate of drug-likeness (QED) is 0.431. The number of para-hydroxylation sites is 1. The molecule has 4 aromatic rings. The Morgan fingerprint density at radius 2 is 1.94 bits per heavy atom. The van der Waals surface area contributed by atoms with Gasteiger partial charge in [-0.3, -0.25) is 18.9 Å². The second-order valence-electron chi connectivity index (χ2n) is 7.26. The van der Waals surface area contributed by atoms with E-state index in [1.165, 1.54) is 18.4 Å². The molecule has 0 aliphatic carbocycles. The van der Waals surface area contributed by atoms with Crippen molar-refractivity contribution in [2.45, 2.75) is 33.2 Å². The number of carbonyl (C=O) groups excluding carboxylic acids is 1. The minimum absolute atomic E-state index is 0.197. The van der Waals surface area contributed by atoms with E-state index in [0.29, 0.717) is 22.7 Å². The average molecular weight is 438 g/mol. The number of thiophene rings is 1. The van der Waals surface area contributed by atoms with E-state index in [-0.39, 0.29) is 23.2 Å². The minimum atomic E-state index is -0.541. The number of ether oxygens (including phenoxy) is 1. The highest BCUT2D eigenvalue weighted by Gasteiger charge is 2.26. The topological polar surface area (TPSA) is 83.2 Å². The van der Waals surface area contributed by atoms with Crippen molar-refractivity contribution < 1.29 is 9.53 Å². The molecule has 0 radical (unpaired) electrons. The van der Waals surface area contributed by atoms with Gasteiger partial charge in [-0.2, -0.15) is 0 Å². The zero-order chi connectivity index (χ0) is 22.1. The predicted molar refractivity (Wildman–Crippen MR) is 122 cm³/mol. The Bertz CT molecular complexity index is 1410. The van der Waals surface area contributed by atoms with Gasteiger partial charge in [-0.05, 0) is 31.0 Å². The van der Waals surface area contributed by atoms with E-state index in [0.717, 1.165) is 27.5 Å². The van der Waals surface area contributed by atoms with Crippen molar-refractivity contribution in [3.63, 3.8) is 0 Å². The first kappa shape index (κ1) is 21.0. The zero-order valence-corrected chi connectivity index (χ0v) is 18.5. The Morgan fingerprint density at radius 1 is 1.16 bits per heavy atom. The molecule has 160 valence electrons. The molecule has 8 heteroatoms. The molecule has 3 aromatic heterocycles. The minimum Gasteiger partial charge on any atom is -0.462 e. The molecule has 0 fully saturated rings. The maximum atomic E-state index is 13.1. The zero-order valence-electron chi connectivity index (χ0n) is 17.7. The molecule has 4 rings (SSSR count). The van der Waals surface area contributed by atoms with Gasteiger partial charge in [0, 0.05) is 36.5 Å². The van der Waals surface area contributed by atoms with E-state index >= 15 is 0 Å². The fraction of sp³-hybridized carbons (Fsp3) is 0.304. The van der Waals surface area contributed by atoms with Gasteiger partial charge in [0.25, 0.3) is 5.56 Å². The first-order valence-electron chi connectivity index (χ1n) is 10.2. The summed E-state index contributed by atoms with van der Waals surface area (Å²) < 4.78 is 7.96. The first-order valence-corrected chi connectivity index (χ1v) is 11.0. The normalized spacial score (nSPS) is 11.3. The Morgan fingerprint density at radius 3 is 2.68 bits per heavy atom. The lowest BCUT2D eigenvalue weighted by Gasteiger charge is -2.08. The van der Waals surface area contributed by atoms with Gasteiger partial charge >= 0.3 is 11.7 Å². The summed E-state index contributed by atoms with van der Waals surface area (Å²) in [7, 11) is 1.44. The summed E-state index contributed by atoms with van der Waals surface area (Å²) in [5, 5.41) is 1.24. The Labute approximate surface area is 182 Å². The molecule has 0 atom stereocenters. The SMILES string of the molecule is CCCn1c(=O)n(C)c(=O)c2c(C(=O)OCC)c(Cc3ccnc4ccccc34)sc21. The molecule has 0 saturated heterocycles. The van der Waals surface area contributed by atoms with Crippen molar-refractivity contribution in [1.29, 1.82) is 0 Å². The van der Waals surface area contributed by atoms with Gasteiger partial charge < -0.3 is 4.74 Å². The van der Waals surface area contributed by atoms with Crippen LogP contribution < -0.4 is 11.2 Å². The van der Waals surface area contributed by atoms with E-state index in [1.807, 2.05) is 37.3 Å². The van der Waals surface area contributed by atoms with Crippen LogP contribution in [0.3, 0.4) is 0 Å². The monoisotopic (exact) mass is 437 g/mol. The number of benzene rings is 1. The molecule has 0 unspecified atom stereocenters. The second kappa shape index (κ2) is 8.47. The van der Waals surface area contributed by atoms with E-state index in [1.54, 1.807) is 17.7 Å². The summed E-state index contributed by atoms with van der Waals surface area (Å²) in [5.41, 5.74) is 1.25. The van der Waals surface area contributed by atoms with Crippen molar-refractivity contribution >= 4 is 38.4 Å². The Kier molecular flexibility index (Phi) is 5.73. The summed E-state index contributed by atoms with van der Waals surface area (Å²) in [5.74, 6) is -0.541. The molecule has 0 amide bonds. The standard InChI is InChI=1S/C23H23N3O4S/c1-4-12-26-21-19(20(27)25(3)23(26)29)18(22(28)30-5-2)17(31-21)13-14-10-11-24-16-9-7-6-8-15(14)16/h6-11H,4-5,12-13H2,1-3H3. The smallest absolute Gasteiger partial charge is 0.340 e. The van der Waals surface area contributed by atoms with Gasteiger partial charge in [0.15, 0.2) is 0 Å². The summed E-state index contributed by atoms with van der Waals surface area (Å²) in [4.78, 5) is 44.4.